The molecular weight excluding hydrogens is 339 g/mol. The summed E-state index contributed by atoms with van der Waals surface area (Å²) in [5.41, 5.74) is 1.08. The summed E-state index contributed by atoms with van der Waals surface area (Å²) >= 11 is 0. The number of alkyl halides is 3. The molecule has 0 bridgehead atoms. The van der Waals surface area contributed by atoms with Gasteiger partial charge in [-0.15, -0.1) is 0 Å². The minimum absolute atomic E-state index is 0.140. The molecule has 132 valence electrons. The Morgan fingerprint density at radius 1 is 1.24 bits per heavy atom. The summed E-state index contributed by atoms with van der Waals surface area (Å²) < 4.78 is 41.6. The van der Waals surface area contributed by atoms with Gasteiger partial charge in [-0.3, -0.25) is 9.59 Å². The van der Waals surface area contributed by atoms with Crippen molar-refractivity contribution in [1.82, 2.24) is 15.0 Å². The van der Waals surface area contributed by atoms with Gasteiger partial charge in [0.2, 0.25) is 11.6 Å². The summed E-state index contributed by atoms with van der Waals surface area (Å²) in [5, 5.41) is 3.31. The van der Waals surface area contributed by atoms with Crippen molar-refractivity contribution in [1.29, 1.82) is 0 Å². The van der Waals surface area contributed by atoms with Gasteiger partial charge in [0.15, 0.2) is 0 Å². The number of hydrogen-bond acceptors (Lipinski definition) is 5. The molecule has 1 saturated carbocycles. The molecule has 0 saturated heterocycles. The summed E-state index contributed by atoms with van der Waals surface area (Å²) in [4.78, 5) is 28.3. The minimum atomic E-state index is -4.69. The zero-order chi connectivity index (χ0) is 18.2. The molecule has 3 rings (SSSR count). The number of carbonyl (C=O) groups is 2. The number of nitrogens with zero attached hydrogens (tertiary/aromatic N) is 3. The average molecular weight is 353 g/mol. The van der Waals surface area contributed by atoms with E-state index in [2.05, 4.69) is 14.7 Å². The number of halogens is 3. The average Bonchev–Trinajstić information content (AvgIpc) is 3.29. The number of carbonyl (C=O) groups excluding carboxylic acids is 2. The fourth-order valence-electron chi connectivity index (χ4n) is 2.27. The molecule has 25 heavy (non-hydrogen) atoms. The Balaban J connectivity index is 1.66. The predicted molar refractivity (Wildman–Crippen MR) is 78.9 cm³/mol. The van der Waals surface area contributed by atoms with Crippen molar-refractivity contribution in [2.24, 2.45) is 5.92 Å². The van der Waals surface area contributed by atoms with Gasteiger partial charge in [-0.1, -0.05) is 29.4 Å². The minimum Gasteiger partial charge on any atom is -0.335 e. The van der Waals surface area contributed by atoms with Gasteiger partial charge in [-0.2, -0.15) is 18.2 Å². The largest absolute Gasteiger partial charge is 0.471 e. The lowest BCUT2D eigenvalue weighted by atomic mass is 10.1. The Kier molecular flexibility index (Phi) is 4.32. The van der Waals surface area contributed by atoms with Crippen molar-refractivity contribution >= 4 is 11.7 Å². The van der Waals surface area contributed by atoms with E-state index >= 15 is 0 Å². The van der Waals surface area contributed by atoms with Crippen molar-refractivity contribution in [2.75, 3.05) is 7.05 Å². The van der Waals surface area contributed by atoms with Crippen LogP contribution in [0.5, 0.6) is 0 Å². The van der Waals surface area contributed by atoms with Gasteiger partial charge in [-0.25, -0.2) is 0 Å². The first-order valence-electron chi connectivity index (χ1n) is 7.55. The van der Waals surface area contributed by atoms with E-state index in [1.807, 2.05) is 0 Å². The SMILES string of the molecule is CN(Cc1ccc(-c2noc(C(F)(F)F)n2)cc1)C(=O)C(=O)C1CC1. The number of amides is 1. The third-order valence-electron chi connectivity index (χ3n) is 3.81. The zero-order valence-corrected chi connectivity index (χ0v) is 13.2. The maximum Gasteiger partial charge on any atom is 0.471 e. The third kappa shape index (κ3) is 3.86. The zero-order valence-electron chi connectivity index (χ0n) is 13.2. The molecule has 0 radical (unpaired) electrons. The van der Waals surface area contributed by atoms with Crippen LogP contribution in [0.25, 0.3) is 11.4 Å². The van der Waals surface area contributed by atoms with Crippen LogP contribution < -0.4 is 0 Å². The fraction of sp³-hybridized carbons (Fsp3) is 0.375. The molecule has 0 N–H and O–H groups in total. The Hall–Kier alpha value is -2.71. The lowest BCUT2D eigenvalue weighted by Crippen LogP contribution is -2.33. The van der Waals surface area contributed by atoms with Crippen LogP contribution in [-0.2, 0) is 22.3 Å². The van der Waals surface area contributed by atoms with Crippen LogP contribution in [-0.4, -0.2) is 33.8 Å². The highest BCUT2D eigenvalue weighted by atomic mass is 19.4. The number of ketones is 1. The van der Waals surface area contributed by atoms with Crippen molar-refractivity contribution in [2.45, 2.75) is 25.6 Å². The first-order valence-corrected chi connectivity index (χ1v) is 7.55. The van der Waals surface area contributed by atoms with Gasteiger partial charge in [0.25, 0.3) is 5.91 Å². The maximum absolute atomic E-state index is 12.5. The van der Waals surface area contributed by atoms with Crippen LogP contribution in [0, 0.1) is 5.92 Å². The molecule has 0 spiro atoms. The molecule has 1 aromatic carbocycles. The van der Waals surface area contributed by atoms with Crippen LogP contribution in [0.1, 0.15) is 24.3 Å². The summed E-state index contributed by atoms with van der Waals surface area (Å²) in [7, 11) is 1.53. The number of Topliss-reactive ketones (excluding diaryl/α,β-unsaturated/α-hetero) is 1. The molecule has 0 atom stereocenters. The van der Waals surface area contributed by atoms with E-state index in [-0.39, 0.29) is 24.1 Å². The standard InChI is InChI=1S/C16H14F3N3O3/c1-22(14(24)12(23)10-6-7-10)8-9-2-4-11(5-3-9)13-20-15(25-21-13)16(17,18)19/h2-5,10H,6-8H2,1H3. The van der Waals surface area contributed by atoms with Gasteiger partial charge >= 0.3 is 12.1 Å². The van der Waals surface area contributed by atoms with E-state index in [4.69, 9.17) is 0 Å². The molecule has 0 aliphatic heterocycles. The van der Waals surface area contributed by atoms with Crippen LogP contribution in [0.15, 0.2) is 28.8 Å². The second-order valence-electron chi connectivity index (χ2n) is 5.92. The molecule has 1 aliphatic rings. The first kappa shape index (κ1) is 17.1. The number of hydrogen-bond donors (Lipinski definition) is 0. The molecule has 1 aromatic heterocycles. The molecule has 6 nitrogen and oxygen atoms in total. The van der Waals surface area contributed by atoms with E-state index in [0.717, 1.165) is 18.4 Å². The summed E-state index contributed by atoms with van der Waals surface area (Å²) in [5.74, 6) is -2.62. The molecule has 9 heteroatoms. The van der Waals surface area contributed by atoms with Gasteiger partial charge in [0, 0.05) is 25.1 Å². The summed E-state index contributed by atoms with van der Waals surface area (Å²) in [6, 6.07) is 6.32. The first-order chi connectivity index (χ1) is 11.8. The normalized spacial score (nSPS) is 14.4. The Bertz CT molecular complexity index is 795. The quantitative estimate of drug-likeness (QED) is 0.773. The Morgan fingerprint density at radius 2 is 1.88 bits per heavy atom. The van der Waals surface area contributed by atoms with Crippen LogP contribution in [0.3, 0.4) is 0 Å². The van der Waals surface area contributed by atoms with Crippen LogP contribution in [0.2, 0.25) is 0 Å². The van der Waals surface area contributed by atoms with Crippen molar-refractivity contribution in [3.05, 3.63) is 35.7 Å². The van der Waals surface area contributed by atoms with Crippen LogP contribution in [0.4, 0.5) is 13.2 Å². The molecule has 1 heterocycles. The highest BCUT2D eigenvalue weighted by Gasteiger charge is 2.38. The van der Waals surface area contributed by atoms with Gasteiger partial charge in [-0.05, 0) is 18.4 Å². The van der Waals surface area contributed by atoms with Crippen molar-refractivity contribution < 1.29 is 27.3 Å². The number of rotatable bonds is 5. The van der Waals surface area contributed by atoms with E-state index in [9.17, 15) is 22.8 Å². The molecule has 2 aromatic rings. The lowest BCUT2D eigenvalue weighted by Gasteiger charge is -2.16. The molecular formula is C16H14F3N3O3. The Morgan fingerprint density at radius 3 is 2.40 bits per heavy atom. The third-order valence-corrected chi connectivity index (χ3v) is 3.81. The van der Waals surface area contributed by atoms with Gasteiger partial charge in [0.1, 0.15) is 0 Å². The second-order valence-corrected chi connectivity index (χ2v) is 5.92. The highest BCUT2D eigenvalue weighted by molar-refractivity contribution is 6.37. The monoisotopic (exact) mass is 353 g/mol. The highest BCUT2D eigenvalue weighted by Crippen LogP contribution is 2.31. The summed E-state index contributed by atoms with van der Waals surface area (Å²) in [6.07, 6.45) is -3.17. The number of aromatic nitrogens is 2. The number of benzene rings is 1. The molecule has 0 unspecified atom stereocenters. The molecule has 1 amide bonds. The predicted octanol–water partition coefficient (Wildman–Crippen LogP) is 2.69. The van der Waals surface area contributed by atoms with E-state index in [1.165, 1.54) is 24.1 Å². The van der Waals surface area contributed by atoms with E-state index in [0.29, 0.717) is 5.56 Å². The van der Waals surface area contributed by atoms with Crippen molar-refractivity contribution in [3.63, 3.8) is 0 Å². The topological polar surface area (TPSA) is 76.3 Å². The Labute approximate surface area is 140 Å². The van der Waals surface area contributed by atoms with Gasteiger partial charge < -0.3 is 9.42 Å². The van der Waals surface area contributed by atoms with Crippen LogP contribution >= 0.6 is 0 Å². The summed E-state index contributed by atoms with van der Waals surface area (Å²) in [6.45, 7) is 0.220. The molecule has 1 fully saturated rings. The lowest BCUT2D eigenvalue weighted by molar-refractivity contribution is -0.159. The number of likely N-dealkylation sites (N-methyl/N-ethyl adjacent to an activating group) is 1. The van der Waals surface area contributed by atoms with Gasteiger partial charge in [0.05, 0.1) is 0 Å². The second kappa shape index (κ2) is 6.30. The van der Waals surface area contributed by atoms with Crippen molar-refractivity contribution in [3.8, 4) is 11.4 Å². The smallest absolute Gasteiger partial charge is 0.335 e. The maximum atomic E-state index is 12.5. The van der Waals surface area contributed by atoms with E-state index < -0.39 is 18.0 Å². The van der Waals surface area contributed by atoms with E-state index in [1.54, 1.807) is 12.1 Å². The fourth-order valence-corrected chi connectivity index (χ4v) is 2.27. The molecule has 1 aliphatic carbocycles.